The average Bonchev–Trinajstić information content (AvgIpc) is 3.09. The monoisotopic (exact) mass is 354 g/mol. The van der Waals surface area contributed by atoms with Gasteiger partial charge < -0.3 is 4.74 Å². The molecule has 0 saturated carbocycles. The molecule has 0 unspecified atom stereocenters. The summed E-state index contributed by atoms with van der Waals surface area (Å²) in [6.07, 6.45) is 8.69. The van der Waals surface area contributed by atoms with Crippen LogP contribution in [0.3, 0.4) is 0 Å². The van der Waals surface area contributed by atoms with E-state index in [0.29, 0.717) is 12.5 Å². The quantitative estimate of drug-likeness (QED) is 0.714. The van der Waals surface area contributed by atoms with E-state index in [-0.39, 0.29) is 12.4 Å². The minimum Gasteiger partial charge on any atom is -0.471 e. The van der Waals surface area contributed by atoms with Crippen molar-refractivity contribution >= 4 is 12.4 Å². The zero-order valence-electron chi connectivity index (χ0n) is 14.0. The molecule has 1 aliphatic rings. The van der Waals surface area contributed by atoms with E-state index in [0.717, 1.165) is 47.6 Å². The van der Waals surface area contributed by atoms with Crippen LogP contribution in [0.4, 0.5) is 0 Å². The van der Waals surface area contributed by atoms with Crippen LogP contribution in [0, 0.1) is 6.92 Å². The van der Waals surface area contributed by atoms with Gasteiger partial charge in [0.05, 0.1) is 5.69 Å². The second-order valence-corrected chi connectivity index (χ2v) is 5.92. The van der Waals surface area contributed by atoms with Crippen LogP contribution in [-0.4, -0.2) is 19.9 Å². The number of aromatic nitrogens is 4. The highest BCUT2D eigenvalue weighted by Gasteiger charge is 2.20. The van der Waals surface area contributed by atoms with Crippen molar-refractivity contribution in [3.05, 3.63) is 65.6 Å². The van der Waals surface area contributed by atoms with Crippen LogP contribution < -0.4 is 4.74 Å². The predicted octanol–water partition coefficient (Wildman–Crippen LogP) is 3.73. The molecule has 5 nitrogen and oxygen atoms in total. The highest BCUT2D eigenvalue weighted by Crippen LogP contribution is 2.33. The lowest BCUT2D eigenvalue weighted by atomic mass is 10.0. The largest absolute Gasteiger partial charge is 0.471 e. The van der Waals surface area contributed by atoms with E-state index in [1.807, 2.05) is 43.6 Å². The number of fused-ring (bicyclic) bond motifs is 1. The summed E-state index contributed by atoms with van der Waals surface area (Å²) in [5, 5.41) is 0. The van der Waals surface area contributed by atoms with E-state index in [9.17, 15) is 0 Å². The Morgan fingerprint density at radius 2 is 1.92 bits per heavy atom. The van der Waals surface area contributed by atoms with Crippen LogP contribution in [0.25, 0.3) is 11.1 Å². The Labute approximate surface area is 153 Å². The van der Waals surface area contributed by atoms with Crippen molar-refractivity contribution in [2.24, 2.45) is 0 Å². The van der Waals surface area contributed by atoms with Crippen LogP contribution >= 0.6 is 12.4 Å². The van der Waals surface area contributed by atoms with Crippen molar-refractivity contribution in [1.82, 2.24) is 19.9 Å². The van der Waals surface area contributed by atoms with Gasteiger partial charge in [-0.1, -0.05) is 6.07 Å². The van der Waals surface area contributed by atoms with Gasteiger partial charge in [-0.05, 0) is 49.4 Å². The summed E-state index contributed by atoms with van der Waals surface area (Å²) in [5.41, 5.74) is 5.47. The molecular weight excluding hydrogens is 336 g/mol. The minimum atomic E-state index is 0. The number of hydrogen-bond acceptors (Lipinski definition) is 5. The average molecular weight is 355 g/mol. The Bertz CT molecular complexity index is 853. The molecule has 0 atom stereocenters. The van der Waals surface area contributed by atoms with Crippen molar-refractivity contribution in [1.29, 1.82) is 0 Å². The number of aryl methyl sites for hydroxylation is 2. The summed E-state index contributed by atoms with van der Waals surface area (Å²) in [5.74, 6) is 1.41. The standard InChI is InChI=1S/C19H18N4O.ClH/c1-13-21-10-14(11-22-13)17-9-19(23-18-7-4-6-16(17)18)24-12-15-5-2-3-8-20-15;/h2-3,5,8-11H,4,6-7,12H2,1H3;1H. The lowest BCUT2D eigenvalue weighted by Gasteiger charge is -2.12. The van der Waals surface area contributed by atoms with E-state index >= 15 is 0 Å². The van der Waals surface area contributed by atoms with E-state index in [1.165, 1.54) is 5.56 Å². The van der Waals surface area contributed by atoms with Gasteiger partial charge in [0, 0.05) is 35.9 Å². The minimum absolute atomic E-state index is 0. The molecule has 0 saturated heterocycles. The van der Waals surface area contributed by atoms with E-state index < -0.39 is 0 Å². The van der Waals surface area contributed by atoms with Crippen molar-refractivity contribution in [2.75, 3.05) is 0 Å². The topological polar surface area (TPSA) is 60.8 Å². The Balaban J connectivity index is 0.00000182. The number of pyridine rings is 2. The van der Waals surface area contributed by atoms with Crippen LogP contribution in [0.15, 0.2) is 42.9 Å². The van der Waals surface area contributed by atoms with Gasteiger partial charge in [0.15, 0.2) is 0 Å². The van der Waals surface area contributed by atoms with Crippen LogP contribution in [0.5, 0.6) is 5.88 Å². The lowest BCUT2D eigenvalue weighted by Crippen LogP contribution is -2.02. The molecule has 0 aromatic carbocycles. The molecule has 0 bridgehead atoms. The molecule has 4 rings (SSSR count). The fourth-order valence-electron chi connectivity index (χ4n) is 3.01. The molecule has 3 aromatic rings. The van der Waals surface area contributed by atoms with Gasteiger partial charge in [0.2, 0.25) is 5.88 Å². The van der Waals surface area contributed by atoms with Gasteiger partial charge in [-0.25, -0.2) is 15.0 Å². The fourth-order valence-corrected chi connectivity index (χ4v) is 3.01. The Hall–Kier alpha value is -2.53. The third-order valence-electron chi connectivity index (χ3n) is 4.21. The zero-order valence-corrected chi connectivity index (χ0v) is 14.8. The first kappa shape index (κ1) is 17.3. The number of nitrogens with zero attached hydrogens (tertiary/aromatic N) is 4. The predicted molar refractivity (Wildman–Crippen MR) is 97.8 cm³/mol. The van der Waals surface area contributed by atoms with Crippen LogP contribution in [0.2, 0.25) is 0 Å². The van der Waals surface area contributed by atoms with Gasteiger partial charge in [0.25, 0.3) is 0 Å². The Kier molecular flexibility index (Phi) is 5.24. The first-order valence-corrected chi connectivity index (χ1v) is 8.14. The molecule has 3 heterocycles. The van der Waals surface area contributed by atoms with Gasteiger partial charge in [-0.3, -0.25) is 4.98 Å². The fraction of sp³-hybridized carbons (Fsp3) is 0.263. The third kappa shape index (κ3) is 3.77. The zero-order chi connectivity index (χ0) is 16.4. The molecule has 0 spiro atoms. The molecule has 1 aliphatic carbocycles. The Morgan fingerprint density at radius 1 is 1.08 bits per heavy atom. The highest BCUT2D eigenvalue weighted by molar-refractivity contribution is 5.85. The molecule has 25 heavy (non-hydrogen) atoms. The lowest BCUT2D eigenvalue weighted by molar-refractivity contribution is 0.288. The van der Waals surface area contributed by atoms with Crippen molar-refractivity contribution in [2.45, 2.75) is 32.8 Å². The first-order chi connectivity index (χ1) is 11.8. The summed E-state index contributed by atoms with van der Waals surface area (Å²) < 4.78 is 5.89. The number of halogens is 1. The van der Waals surface area contributed by atoms with Crippen molar-refractivity contribution < 1.29 is 4.74 Å². The van der Waals surface area contributed by atoms with Gasteiger partial charge in [0.1, 0.15) is 12.4 Å². The third-order valence-corrected chi connectivity index (χ3v) is 4.21. The summed E-state index contributed by atoms with van der Waals surface area (Å²) in [7, 11) is 0. The molecule has 0 amide bonds. The highest BCUT2D eigenvalue weighted by atomic mass is 35.5. The first-order valence-electron chi connectivity index (χ1n) is 8.14. The molecule has 128 valence electrons. The van der Waals surface area contributed by atoms with Gasteiger partial charge in [-0.15, -0.1) is 12.4 Å². The van der Waals surface area contributed by atoms with E-state index in [1.54, 1.807) is 6.20 Å². The summed E-state index contributed by atoms with van der Waals surface area (Å²) in [6.45, 7) is 2.30. The molecule has 0 N–H and O–H groups in total. The number of hydrogen-bond donors (Lipinski definition) is 0. The maximum Gasteiger partial charge on any atom is 0.214 e. The molecule has 0 radical (unpaired) electrons. The molecule has 3 aromatic heterocycles. The number of rotatable bonds is 4. The smallest absolute Gasteiger partial charge is 0.214 e. The van der Waals surface area contributed by atoms with Crippen molar-refractivity contribution in [3.63, 3.8) is 0 Å². The summed E-state index contributed by atoms with van der Waals surface area (Å²) in [4.78, 5) is 17.6. The van der Waals surface area contributed by atoms with Gasteiger partial charge >= 0.3 is 0 Å². The summed E-state index contributed by atoms with van der Waals surface area (Å²) >= 11 is 0. The maximum atomic E-state index is 5.89. The maximum absolute atomic E-state index is 5.89. The summed E-state index contributed by atoms with van der Waals surface area (Å²) in [6, 6.07) is 7.80. The van der Waals surface area contributed by atoms with Gasteiger partial charge in [-0.2, -0.15) is 0 Å². The molecule has 6 heteroatoms. The normalized spacial score (nSPS) is 12.4. The van der Waals surface area contributed by atoms with Crippen LogP contribution in [0.1, 0.15) is 29.2 Å². The number of ether oxygens (including phenoxy) is 1. The van der Waals surface area contributed by atoms with E-state index in [2.05, 4.69) is 19.9 Å². The second-order valence-electron chi connectivity index (χ2n) is 5.92. The van der Waals surface area contributed by atoms with Crippen LogP contribution in [-0.2, 0) is 19.4 Å². The molecule has 0 aliphatic heterocycles. The van der Waals surface area contributed by atoms with Crippen molar-refractivity contribution in [3.8, 4) is 17.0 Å². The SMILES string of the molecule is Cc1ncc(-c2cc(OCc3ccccn3)nc3c2CCC3)cn1.Cl. The Morgan fingerprint density at radius 3 is 2.68 bits per heavy atom. The molecular formula is C19H19ClN4O. The molecule has 0 fully saturated rings. The van der Waals surface area contributed by atoms with E-state index in [4.69, 9.17) is 4.74 Å². The second kappa shape index (κ2) is 7.57.